The van der Waals surface area contributed by atoms with E-state index in [1.54, 1.807) is 0 Å². The third-order valence-electron chi connectivity index (χ3n) is 2.30. The molecule has 0 saturated heterocycles. The van der Waals surface area contributed by atoms with Crippen molar-refractivity contribution < 1.29 is 4.79 Å². The summed E-state index contributed by atoms with van der Waals surface area (Å²) in [6.45, 7) is 4.22. The molecule has 1 rings (SSSR count). The summed E-state index contributed by atoms with van der Waals surface area (Å²) in [5, 5.41) is 0. The van der Waals surface area contributed by atoms with Crippen LogP contribution in [-0.2, 0) is 4.79 Å². The average molecular weight is 178 g/mol. The Bertz CT molecular complexity index is 242. The summed E-state index contributed by atoms with van der Waals surface area (Å²) < 4.78 is 0. The van der Waals surface area contributed by atoms with E-state index in [0.29, 0.717) is 12.2 Å². The smallest absolute Gasteiger partial charge is 0.137 e. The molecule has 0 aromatic rings. The van der Waals surface area contributed by atoms with Crippen molar-refractivity contribution in [2.24, 2.45) is 0 Å². The highest BCUT2D eigenvalue weighted by molar-refractivity contribution is 5.82. The van der Waals surface area contributed by atoms with Crippen molar-refractivity contribution in [3.05, 3.63) is 23.3 Å². The van der Waals surface area contributed by atoms with Gasteiger partial charge in [0.1, 0.15) is 5.78 Å². The zero-order valence-corrected chi connectivity index (χ0v) is 8.60. The molecule has 72 valence electrons. The number of hydrogen-bond acceptors (Lipinski definition) is 1. The fraction of sp³-hybridized carbons (Fsp3) is 0.583. The topological polar surface area (TPSA) is 17.1 Å². The van der Waals surface area contributed by atoms with Crippen LogP contribution in [0.15, 0.2) is 23.3 Å². The second-order valence-corrected chi connectivity index (χ2v) is 3.94. The van der Waals surface area contributed by atoms with Crippen LogP contribution < -0.4 is 0 Å². The molecule has 0 aromatic heterocycles. The molecule has 0 aromatic carbocycles. The van der Waals surface area contributed by atoms with Gasteiger partial charge < -0.3 is 0 Å². The maximum atomic E-state index is 11.1. The summed E-state index contributed by atoms with van der Waals surface area (Å²) in [6, 6.07) is 0. The molecule has 0 unspecified atom stereocenters. The Hall–Kier alpha value is -0.850. The van der Waals surface area contributed by atoms with Crippen LogP contribution in [0, 0.1) is 0 Å². The molecule has 0 spiro atoms. The monoisotopic (exact) mass is 178 g/mol. The van der Waals surface area contributed by atoms with Gasteiger partial charge in [0.05, 0.1) is 0 Å². The predicted octanol–water partition coefficient (Wildman–Crippen LogP) is 3.41. The summed E-state index contributed by atoms with van der Waals surface area (Å²) in [4.78, 5) is 11.1. The predicted molar refractivity (Wildman–Crippen MR) is 55.6 cm³/mol. The molecule has 0 saturated carbocycles. The zero-order valence-electron chi connectivity index (χ0n) is 8.60. The van der Waals surface area contributed by atoms with E-state index in [-0.39, 0.29) is 0 Å². The van der Waals surface area contributed by atoms with Gasteiger partial charge in [-0.25, -0.2) is 0 Å². The lowest BCUT2D eigenvalue weighted by Gasteiger charge is -2.10. The standard InChI is InChI=1S/C12H18O/c1-10(2)5-3-6-11-7-4-8-12(13)9-11/h5,7H,3-4,6,8-9H2,1-2H3. The number of Topliss-reactive ketones (excluding diaryl/α,β-unsaturated/α-hetero) is 1. The molecule has 0 heterocycles. The molecule has 0 bridgehead atoms. The molecule has 0 aliphatic heterocycles. The van der Waals surface area contributed by atoms with Crippen LogP contribution in [0.25, 0.3) is 0 Å². The minimum absolute atomic E-state index is 0.412. The highest BCUT2D eigenvalue weighted by atomic mass is 16.1. The van der Waals surface area contributed by atoms with E-state index < -0.39 is 0 Å². The van der Waals surface area contributed by atoms with E-state index in [4.69, 9.17) is 0 Å². The molecule has 1 heteroatoms. The molecule has 1 aliphatic rings. The van der Waals surface area contributed by atoms with Gasteiger partial charge in [0.15, 0.2) is 0 Å². The van der Waals surface area contributed by atoms with Crippen LogP contribution in [-0.4, -0.2) is 5.78 Å². The Morgan fingerprint density at radius 3 is 2.92 bits per heavy atom. The van der Waals surface area contributed by atoms with Crippen LogP contribution in [0.5, 0.6) is 0 Å². The van der Waals surface area contributed by atoms with Gasteiger partial charge in [0.2, 0.25) is 0 Å². The van der Waals surface area contributed by atoms with Crippen molar-refractivity contribution in [1.29, 1.82) is 0 Å². The van der Waals surface area contributed by atoms with Crippen LogP contribution in [0.4, 0.5) is 0 Å². The molecule has 0 atom stereocenters. The van der Waals surface area contributed by atoms with Crippen LogP contribution in [0.1, 0.15) is 46.0 Å². The second-order valence-electron chi connectivity index (χ2n) is 3.94. The third kappa shape index (κ3) is 4.07. The quantitative estimate of drug-likeness (QED) is 0.605. The summed E-state index contributed by atoms with van der Waals surface area (Å²) in [5.41, 5.74) is 2.71. The highest BCUT2D eigenvalue weighted by Crippen LogP contribution is 2.19. The normalized spacial score (nSPS) is 16.8. The molecule has 13 heavy (non-hydrogen) atoms. The molecular weight excluding hydrogens is 160 g/mol. The number of carbonyl (C=O) groups excluding carboxylic acids is 1. The Morgan fingerprint density at radius 1 is 1.54 bits per heavy atom. The number of hydrogen-bond donors (Lipinski definition) is 0. The second kappa shape index (κ2) is 5.00. The number of rotatable bonds is 3. The van der Waals surface area contributed by atoms with Gasteiger partial charge in [0.25, 0.3) is 0 Å². The summed E-state index contributed by atoms with van der Waals surface area (Å²) >= 11 is 0. The molecular formula is C12H18O. The first kappa shape index (κ1) is 10.2. The van der Waals surface area contributed by atoms with Crippen molar-refractivity contribution in [3.63, 3.8) is 0 Å². The molecule has 0 amide bonds. The first-order chi connectivity index (χ1) is 6.18. The van der Waals surface area contributed by atoms with Crippen molar-refractivity contribution in [3.8, 4) is 0 Å². The van der Waals surface area contributed by atoms with E-state index >= 15 is 0 Å². The van der Waals surface area contributed by atoms with Gasteiger partial charge in [-0.1, -0.05) is 23.3 Å². The SMILES string of the molecule is CC(C)=CCCC1=CCCC(=O)C1. The maximum absolute atomic E-state index is 11.1. The fourth-order valence-electron chi connectivity index (χ4n) is 1.59. The molecule has 1 nitrogen and oxygen atoms in total. The third-order valence-corrected chi connectivity index (χ3v) is 2.30. The van der Waals surface area contributed by atoms with Crippen molar-refractivity contribution in [1.82, 2.24) is 0 Å². The number of carbonyl (C=O) groups is 1. The first-order valence-corrected chi connectivity index (χ1v) is 5.01. The van der Waals surface area contributed by atoms with Crippen LogP contribution in [0.2, 0.25) is 0 Å². The van der Waals surface area contributed by atoms with Crippen LogP contribution in [0.3, 0.4) is 0 Å². The van der Waals surface area contributed by atoms with Crippen molar-refractivity contribution in [2.75, 3.05) is 0 Å². The minimum Gasteiger partial charge on any atom is -0.299 e. The van der Waals surface area contributed by atoms with E-state index in [1.165, 1.54) is 11.1 Å². The summed E-state index contributed by atoms with van der Waals surface area (Å²) in [5.74, 6) is 0.412. The molecule has 1 aliphatic carbocycles. The first-order valence-electron chi connectivity index (χ1n) is 5.01. The Labute approximate surface area is 80.5 Å². The molecule has 0 fully saturated rings. The van der Waals surface area contributed by atoms with E-state index in [2.05, 4.69) is 26.0 Å². The average Bonchev–Trinajstić information content (AvgIpc) is 2.03. The lowest BCUT2D eigenvalue weighted by molar-refractivity contribution is -0.118. The number of ketones is 1. The van der Waals surface area contributed by atoms with Gasteiger partial charge in [-0.3, -0.25) is 4.79 Å². The van der Waals surface area contributed by atoms with Gasteiger partial charge >= 0.3 is 0 Å². The maximum Gasteiger partial charge on any atom is 0.137 e. The molecule has 0 N–H and O–H groups in total. The summed E-state index contributed by atoms with van der Waals surface area (Å²) in [6.07, 6.45) is 9.05. The van der Waals surface area contributed by atoms with Gasteiger partial charge in [0, 0.05) is 12.8 Å². The number of allylic oxidation sites excluding steroid dienone is 4. The highest BCUT2D eigenvalue weighted by Gasteiger charge is 2.09. The molecule has 0 radical (unpaired) electrons. The van der Waals surface area contributed by atoms with E-state index in [1.807, 2.05) is 0 Å². The van der Waals surface area contributed by atoms with Gasteiger partial charge in [-0.2, -0.15) is 0 Å². The minimum atomic E-state index is 0.412. The Kier molecular flexibility index (Phi) is 3.94. The van der Waals surface area contributed by atoms with E-state index in [9.17, 15) is 4.79 Å². The van der Waals surface area contributed by atoms with Crippen molar-refractivity contribution >= 4 is 5.78 Å². The van der Waals surface area contributed by atoms with Gasteiger partial charge in [-0.05, 0) is 33.1 Å². The Morgan fingerprint density at radius 2 is 2.31 bits per heavy atom. The zero-order chi connectivity index (χ0) is 9.68. The lowest BCUT2D eigenvalue weighted by atomic mass is 9.95. The van der Waals surface area contributed by atoms with Crippen LogP contribution >= 0.6 is 0 Å². The lowest BCUT2D eigenvalue weighted by Crippen LogP contribution is -2.04. The van der Waals surface area contributed by atoms with Gasteiger partial charge in [-0.15, -0.1) is 0 Å². The summed E-state index contributed by atoms with van der Waals surface area (Å²) in [7, 11) is 0. The largest absolute Gasteiger partial charge is 0.299 e. The van der Waals surface area contributed by atoms with E-state index in [0.717, 1.165) is 25.7 Å². The Balaban J connectivity index is 2.33. The van der Waals surface area contributed by atoms with Crippen molar-refractivity contribution in [2.45, 2.75) is 46.0 Å². The fourth-order valence-corrected chi connectivity index (χ4v) is 1.59.